The summed E-state index contributed by atoms with van der Waals surface area (Å²) in [4.78, 5) is 0.516. The molecule has 0 heterocycles. The number of nitrogens with two attached hydrogens (primary N) is 1. The lowest BCUT2D eigenvalue weighted by molar-refractivity contribution is 0.682. The van der Waals surface area contributed by atoms with Crippen LogP contribution in [0.2, 0.25) is 15.1 Å². The van der Waals surface area contributed by atoms with Gasteiger partial charge in [0, 0.05) is 5.02 Å². The Labute approximate surface area is 128 Å². The van der Waals surface area contributed by atoms with Gasteiger partial charge in [0.1, 0.15) is 0 Å². The van der Waals surface area contributed by atoms with Gasteiger partial charge in [-0.25, -0.2) is 0 Å². The first-order valence-corrected chi connectivity index (χ1v) is 7.80. The van der Waals surface area contributed by atoms with E-state index in [2.05, 4.69) is 0 Å². The average molecular weight is 335 g/mol. The van der Waals surface area contributed by atoms with Gasteiger partial charge in [-0.3, -0.25) is 4.21 Å². The summed E-state index contributed by atoms with van der Waals surface area (Å²) in [5.74, 6) is 0.307. The first kappa shape index (κ1) is 14.7. The molecule has 1 atom stereocenters. The first-order valence-electron chi connectivity index (χ1n) is 5.34. The Morgan fingerprint density at radius 2 is 1.68 bits per heavy atom. The monoisotopic (exact) mass is 333 g/mol. The lowest BCUT2D eigenvalue weighted by Crippen LogP contribution is -1.98. The van der Waals surface area contributed by atoms with Gasteiger partial charge in [-0.1, -0.05) is 40.9 Å². The predicted octanol–water partition coefficient (Wildman–Crippen LogP) is 4.54. The fraction of sp³-hybridized carbons (Fsp3) is 0.0769. The van der Waals surface area contributed by atoms with Crippen molar-refractivity contribution >= 4 is 51.3 Å². The number of halogens is 3. The lowest BCUT2D eigenvalue weighted by atomic mass is 10.2. The summed E-state index contributed by atoms with van der Waals surface area (Å²) in [5.41, 5.74) is 7.01. The van der Waals surface area contributed by atoms with E-state index in [0.29, 0.717) is 31.4 Å². The van der Waals surface area contributed by atoms with Crippen LogP contribution in [0.3, 0.4) is 0 Å². The average Bonchev–Trinajstić information content (AvgIpc) is 2.36. The smallest absolute Gasteiger partial charge is 0.0635 e. The fourth-order valence-corrected chi connectivity index (χ4v) is 3.48. The summed E-state index contributed by atoms with van der Waals surface area (Å²) in [6, 6.07) is 10.1. The molecule has 2 aromatic carbocycles. The summed E-state index contributed by atoms with van der Waals surface area (Å²) >= 11 is 17.7. The van der Waals surface area contributed by atoms with Crippen molar-refractivity contribution in [3.63, 3.8) is 0 Å². The van der Waals surface area contributed by atoms with E-state index in [1.807, 2.05) is 0 Å². The van der Waals surface area contributed by atoms with E-state index in [-0.39, 0.29) is 0 Å². The van der Waals surface area contributed by atoms with Crippen molar-refractivity contribution in [3.8, 4) is 0 Å². The van der Waals surface area contributed by atoms with E-state index in [1.165, 1.54) is 0 Å². The highest BCUT2D eigenvalue weighted by molar-refractivity contribution is 7.84. The third-order valence-corrected chi connectivity index (χ3v) is 4.94. The summed E-state index contributed by atoms with van der Waals surface area (Å²) in [6.07, 6.45) is 0. The number of rotatable bonds is 3. The van der Waals surface area contributed by atoms with Crippen LogP contribution in [0.15, 0.2) is 41.3 Å². The van der Waals surface area contributed by atoms with Crippen LogP contribution in [0.25, 0.3) is 0 Å². The number of benzene rings is 2. The van der Waals surface area contributed by atoms with E-state index in [1.54, 1.807) is 36.4 Å². The topological polar surface area (TPSA) is 43.1 Å². The van der Waals surface area contributed by atoms with Crippen molar-refractivity contribution in [2.45, 2.75) is 10.6 Å². The predicted molar refractivity (Wildman–Crippen MR) is 82.4 cm³/mol. The SMILES string of the molecule is Nc1cc(CS(=O)c2cc(Cl)ccc2Cl)ccc1Cl. The second-order valence-electron chi connectivity index (χ2n) is 3.92. The minimum atomic E-state index is -1.29. The normalized spacial score (nSPS) is 12.4. The maximum absolute atomic E-state index is 12.3. The number of hydrogen-bond acceptors (Lipinski definition) is 2. The molecule has 2 N–H and O–H groups in total. The Morgan fingerprint density at radius 1 is 1.00 bits per heavy atom. The first-order chi connectivity index (χ1) is 8.97. The molecule has 0 amide bonds. The molecule has 0 bridgehead atoms. The number of anilines is 1. The van der Waals surface area contributed by atoms with Crippen LogP contribution in [0.1, 0.15) is 5.56 Å². The number of hydrogen-bond donors (Lipinski definition) is 1. The standard InChI is InChI=1S/C13H10Cl3NOS/c14-9-2-4-11(16)13(6-9)19(18)7-8-1-3-10(15)12(17)5-8/h1-6H,7,17H2. The van der Waals surface area contributed by atoms with Crippen LogP contribution in [-0.4, -0.2) is 4.21 Å². The van der Waals surface area contributed by atoms with Gasteiger partial charge in [-0.15, -0.1) is 0 Å². The van der Waals surface area contributed by atoms with Gasteiger partial charge >= 0.3 is 0 Å². The molecule has 0 saturated carbocycles. The van der Waals surface area contributed by atoms with Gasteiger partial charge in [-0.2, -0.15) is 0 Å². The third kappa shape index (κ3) is 3.63. The highest BCUT2D eigenvalue weighted by Gasteiger charge is 2.11. The van der Waals surface area contributed by atoms with Gasteiger partial charge < -0.3 is 5.73 Å². The lowest BCUT2D eigenvalue weighted by Gasteiger charge is -2.07. The van der Waals surface area contributed by atoms with Crippen LogP contribution < -0.4 is 5.73 Å². The van der Waals surface area contributed by atoms with Crippen LogP contribution in [0.5, 0.6) is 0 Å². The molecule has 0 aromatic heterocycles. The zero-order valence-corrected chi connectivity index (χ0v) is 12.8. The molecule has 100 valence electrons. The van der Waals surface area contributed by atoms with E-state index in [9.17, 15) is 4.21 Å². The molecule has 2 aromatic rings. The van der Waals surface area contributed by atoms with E-state index < -0.39 is 10.8 Å². The van der Waals surface area contributed by atoms with E-state index >= 15 is 0 Å². The molecule has 2 rings (SSSR count). The molecular weight excluding hydrogens is 325 g/mol. The fourth-order valence-electron chi connectivity index (χ4n) is 1.56. The second kappa shape index (κ2) is 6.14. The molecule has 0 saturated heterocycles. The highest BCUT2D eigenvalue weighted by atomic mass is 35.5. The van der Waals surface area contributed by atoms with Gasteiger partial charge in [0.15, 0.2) is 0 Å². The summed E-state index contributed by atoms with van der Waals surface area (Å²) in [7, 11) is -1.29. The van der Waals surface area contributed by atoms with E-state index in [4.69, 9.17) is 40.5 Å². The number of nitrogen functional groups attached to an aromatic ring is 1. The largest absolute Gasteiger partial charge is 0.398 e. The quantitative estimate of drug-likeness (QED) is 0.838. The zero-order chi connectivity index (χ0) is 14.0. The van der Waals surface area contributed by atoms with Crippen LogP contribution in [-0.2, 0) is 16.6 Å². The van der Waals surface area contributed by atoms with Crippen LogP contribution in [0, 0.1) is 0 Å². The Morgan fingerprint density at radius 3 is 2.37 bits per heavy atom. The minimum Gasteiger partial charge on any atom is -0.398 e. The summed E-state index contributed by atoms with van der Waals surface area (Å²) < 4.78 is 12.3. The molecule has 0 aliphatic carbocycles. The van der Waals surface area contributed by atoms with Gasteiger partial charge in [0.2, 0.25) is 0 Å². The molecule has 2 nitrogen and oxygen atoms in total. The van der Waals surface area contributed by atoms with Crippen molar-refractivity contribution in [2.24, 2.45) is 0 Å². The van der Waals surface area contributed by atoms with Crippen molar-refractivity contribution in [3.05, 3.63) is 57.0 Å². The Hall–Kier alpha value is -0.740. The molecule has 19 heavy (non-hydrogen) atoms. The van der Waals surface area contributed by atoms with E-state index in [0.717, 1.165) is 5.56 Å². The molecule has 0 aliphatic heterocycles. The molecule has 0 aliphatic rings. The molecule has 6 heteroatoms. The minimum absolute atomic E-state index is 0.307. The van der Waals surface area contributed by atoms with Crippen molar-refractivity contribution in [1.29, 1.82) is 0 Å². The van der Waals surface area contributed by atoms with Crippen molar-refractivity contribution < 1.29 is 4.21 Å². The molecule has 0 spiro atoms. The Bertz CT molecular complexity index is 646. The molecule has 1 unspecified atom stereocenters. The molecular formula is C13H10Cl3NOS. The zero-order valence-electron chi connectivity index (χ0n) is 9.70. The second-order valence-corrected chi connectivity index (χ2v) is 6.59. The summed E-state index contributed by atoms with van der Waals surface area (Å²) in [6.45, 7) is 0. The Balaban J connectivity index is 2.25. The molecule has 0 fully saturated rings. The van der Waals surface area contributed by atoms with Gasteiger partial charge in [0.25, 0.3) is 0 Å². The van der Waals surface area contributed by atoms with Gasteiger partial charge in [-0.05, 0) is 35.9 Å². The summed E-state index contributed by atoms with van der Waals surface area (Å²) in [5, 5.41) is 1.42. The third-order valence-electron chi connectivity index (χ3n) is 2.50. The maximum atomic E-state index is 12.3. The highest BCUT2D eigenvalue weighted by Crippen LogP contribution is 2.26. The van der Waals surface area contributed by atoms with Crippen molar-refractivity contribution in [2.75, 3.05) is 5.73 Å². The van der Waals surface area contributed by atoms with Crippen LogP contribution in [0.4, 0.5) is 5.69 Å². The maximum Gasteiger partial charge on any atom is 0.0635 e. The molecule has 0 radical (unpaired) electrons. The van der Waals surface area contributed by atoms with Crippen LogP contribution >= 0.6 is 34.8 Å². The van der Waals surface area contributed by atoms with Crippen molar-refractivity contribution in [1.82, 2.24) is 0 Å². The van der Waals surface area contributed by atoms with Gasteiger partial charge in [0.05, 0.1) is 37.2 Å². The Kier molecular flexibility index (Phi) is 4.74.